The molecule has 0 amide bonds. The quantitative estimate of drug-likeness (QED) is 0.571. The molecule has 0 saturated heterocycles. The summed E-state index contributed by atoms with van der Waals surface area (Å²) in [7, 11) is 0. The molecule has 2 aromatic rings. The molecule has 0 radical (unpaired) electrons. The van der Waals surface area contributed by atoms with Gasteiger partial charge in [0.05, 0.1) is 0 Å². The zero-order chi connectivity index (χ0) is 16.7. The van der Waals surface area contributed by atoms with Crippen LogP contribution in [0.25, 0.3) is 5.57 Å². The molecule has 2 aromatic carbocycles. The van der Waals surface area contributed by atoms with Crippen molar-refractivity contribution in [1.82, 2.24) is 0 Å². The molecule has 2 nitrogen and oxygen atoms in total. The Hall–Kier alpha value is -2.35. The van der Waals surface area contributed by atoms with Crippen LogP contribution in [0.3, 0.4) is 0 Å². The largest absolute Gasteiger partial charge is 0.457 e. The summed E-state index contributed by atoms with van der Waals surface area (Å²) in [6.45, 7) is 5.64. The van der Waals surface area contributed by atoms with E-state index in [9.17, 15) is 4.79 Å². The predicted octanol–water partition coefficient (Wildman–Crippen LogP) is 5.04. The Balaban J connectivity index is 2.17. The Morgan fingerprint density at radius 3 is 2.09 bits per heavy atom. The average Bonchev–Trinajstić information content (AvgIpc) is 2.51. The second-order valence-corrected chi connectivity index (χ2v) is 6.55. The highest BCUT2D eigenvalue weighted by molar-refractivity contribution is 5.91. The SMILES string of the molecule is CC(C)(C)OC(=O)C=C(CCc1ccccc1)c1ccccc1. The van der Waals surface area contributed by atoms with Crippen molar-refractivity contribution >= 4 is 11.5 Å². The van der Waals surface area contributed by atoms with Gasteiger partial charge in [-0.25, -0.2) is 4.79 Å². The molecule has 0 saturated carbocycles. The molecule has 0 aliphatic rings. The van der Waals surface area contributed by atoms with Crippen LogP contribution in [0.4, 0.5) is 0 Å². The molecule has 0 bridgehead atoms. The maximum Gasteiger partial charge on any atom is 0.331 e. The summed E-state index contributed by atoms with van der Waals surface area (Å²) in [5, 5.41) is 0. The van der Waals surface area contributed by atoms with Gasteiger partial charge in [-0.05, 0) is 50.3 Å². The highest BCUT2D eigenvalue weighted by Crippen LogP contribution is 2.21. The third kappa shape index (κ3) is 6.11. The molecule has 0 heterocycles. The molecule has 120 valence electrons. The first-order valence-electron chi connectivity index (χ1n) is 7.97. The Kier molecular flexibility index (Phi) is 5.75. The third-order valence-corrected chi connectivity index (χ3v) is 3.37. The van der Waals surface area contributed by atoms with Gasteiger partial charge in [0.15, 0.2) is 0 Å². The summed E-state index contributed by atoms with van der Waals surface area (Å²) in [4.78, 5) is 12.2. The monoisotopic (exact) mass is 308 g/mol. The fourth-order valence-corrected chi connectivity index (χ4v) is 2.35. The van der Waals surface area contributed by atoms with Gasteiger partial charge in [0.25, 0.3) is 0 Å². The van der Waals surface area contributed by atoms with E-state index in [0.29, 0.717) is 0 Å². The Morgan fingerprint density at radius 2 is 1.52 bits per heavy atom. The predicted molar refractivity (Wildman–Crippen MR) is 95.0 cm³/mol. The van der Waals surface area contributed by atoms with E-state index in [4.69, 9.17) is 4.74 Å². The Labute approximate surface area is 138 Å². The van der Waals surface area contributed by atoms with E-state index in [0.717, 1.165) is 24.0 Å². The standard InChI is InChI=1S/C21H24O2/c1-21(2,3)23-20(22)16-19(18-12-8-5-9-13-18)15-14-17-10-6-4-7-11-17/h4-13,16H,14-15H2,1-3H3. The molecule has 0 aliphatic heterocycles. The highest BCUT2D eigenvalue weighted by atomic mass is 16.6. The fraction of sp³-hybridized carbons (Fsp3) is 0.286. The Morgan fingerprint density at radius 1 is 0.957 bits per heavy atom. The average molecular weight is 308 g/mol. The molecule has 23 heavy (non-hydrogen) atoms. The van der Waals surface area contributed by atoms with Crippen molar-refractivity contribution in [3.05, 3.63) is 77.9 Å². The zero-order valence-corrected chi connectivity index (χ0v) is 14.1. The molecule has 2 rings (SSSR count). The molecule has 0 spiro atoms. The summed E-state index contributed by atoms with van der Waals surface area (Å²) in [6, 6.07) is 20.3. The number of aryl methyl sites for hydroxylation is 1. The molecule has 0 aromatic heterocycles. The van der Waals surface area contributed by atoms with Gasteiger partial charge in [-0.1, -0.05) is 60.7 Å². The summed E-state index contributed by atoms with van der Waals surface area (Å²) in [5.41, 5.74) is 2.85. The van der Waals surface area contributed by atoms with Crippen LogP contribution in [-0.2, 0) is 16.0 Å². The molecular weight excluding hydrogens is 284 g/mol. The van der Waals surface area contributed by atoms with Gasteiger partial charge in [-0.3, -0.25) is 0 Å². The normalized spacial score (nSPS) is 12.0. The van der Waals surface area contributed by atoms with Crippen LogP contribution in [0.15, 0.2) is 66.7 Å². The summed E-state index contributed by atoms with van der Waals surface area (Å²) in [5.74, 6) is -0.288. The maximum atomic E-state index is 12.2. The van der Waals surface area contributed by atoms with E-state index in [2.05, 4.69) is 12.1 Å². The second-order valence-electron chi connectivity index (χ2n) is 6.55. The van der Waals surface area contributed by atoms with Crippen LogP contribution < -0.4 is 0 Å². The maximum absolute atomic E-state index is 12.2. The van der Waals surface area contributed by atoms with Gasteiger partial charge < -0.3 is 4.74 Å². The number of carbonyl (C=O) groups excluding carboxylic acids is 1. The lowest BCUT2D eigenvalue weighted by Crippen LogP contribution is -2.22. The number of ether oxygens (including phenoxy) is 1. The lowest BCUT2D eigenvalue weighted by molar-refractivity contribution is -0.148. The van der Waals surface area contributed by atoms with Crippen molar-refractivity contribution < 1.29 is 9.53 Å². The molecule has 0 N–H and O–H groups in total. The molecule has 0 fully saturated rings. The first kappa shape index (κ1) is 17.0. The van der Waals surface area contributed by atoms with E-state index >= 15 is 0 Å². The highest BCUT2D eigenvalue weighted by Gasteiger charge is 2.15. The molecule has 0 atom stereocenters. The van der Waals surface area contributed by atoms with Crippen molar-refractivity contribution in [2.75, 3.05) is 0 Å². The van der Waals surface area contributed by atoms with Gasteiger partial charge >= 0.3 is 5.97 Å². The lowest BCUT2D eigenvalue weighted by atomic mass is 9.98. The van der Waals surface area contributed by atoms with Gasteiger partial charge in [0.2, 0.25) is 0 Å². The third-order valence-electron chi connectivity index (χ3n) is 3.37. The van der Waals surface area contributed by atoms with Crippen molar-refractivity contribution in [3.8, 4) is 0 Å². The minimum Gasteiger partial charge on any atom is -0.457 e. The number of esters is 1. The van der Waals surface area contributed by atoms with Crippen molar-refractivity contribution in [2.24, 2.45) is 0 Å². The minimum atomic E-state index is -0.477. The van der Waals surface area contributed by atoms with Crippen molar-refractivity contribution in [2.45, 2.75) is 39.2 Å². The summed E-state index contributed by atoms with van der Waals surface area (Å²) in [6.07, 6.45) is 3.32. The minimum absolute atomic E-state index is 0.288. The van der Waals surface area contributed by atoms with Crippen molar-refractivity contribution in [3.63, 3.8) is 0 Å². The number of hydrogen-bond donors (Lipinski definition) is 0. The van der Waals surface area contributed by atoms with E-state index in [1.807, 2.05) is 69.3 Å². The van der Waals surface area contributed by atoms with Crippen LogP contribution in [0.1, 0.15) is 38.3 Å². The van der Waals surface area contributed by atoms with Crippen LogP contribution in [0.5, 0.6) is 0 Å². The first-order chi connectivity index (χ1) is 10.9. The van der Waals surface area contributed by atoms with Crippen LogP contribution in [-0.4, -0.2) is 11.6 Å². The van der Waals surface area contributed by atoms with Gasteiger partial charge in [-0.2, -0.15) is 0 Å². The number of benzene rings is 2. The second kappa shape index (κ2) is 7.77. The molecule has 0 aliphatic carbocycles. The van der Waals surface area contributed by atoms with E-state index in [-0.39, 0.29) is 5.97 Å². The molecular formula is C21H24O2. The number of rotatable bonds is 5. The number of hydrogen-bond acceptors (Lipinski definition) is 2. The number of carbonyl (C=O) groups is 1. The van der Waals surface area contributed by atoms with Crippen LogP contribution in [0.2, 0.25) is 0 Å². The number of allylic oxidation sites excluding steroid dienone is 1. The smallest absolute Gasteiger partial charge is 0.331 e. The van der Waals surface area contributed by atoms with Crippen LogP contribution >= 0.6 is 0 Å². The summed E-state index contributed by atoms with van der Waals surface area (Å²) >= 11 is 0. The summed E-state index contributed by atoms with van der Waals surface area (Å²) < 4.78 is 5.43. The van der Waals surface area contributed by atoms with E-state index in [1.165, 1.54) is 5.56 Å². The fourth-order valence-electron chi connectivity index (χ4n) is 2.35. The lowest BCUT2D eigenvalue weighted by Gasteiger charge is -2.18. The molecule has 0 unspecified atom stereocenters. The van der Waals surface area contributed by atoms with Gasteiger partial charge in [-0.15, -0.1) is 0 Å². The van der Waals surface area contributed by atoms with Gasteiger partial charge in [0, 0.05) is 6.08 Å². The van der Waals surface area contributed by atoms with E-state index < -0.39 is 5.60 Å². The zero-order valence-electron chi connectivity index (χ0n) is 14.1. The molecule has 2 heteroatoms. The van der Waals surface area contributed by atoms with Crippen LogP contribution in [0, 0.1) is 0 Å². The first-order valence-corrected chi connectivity index (χ1v) is 7.97. The topological polar surface area (TPSA) is 26.3 Å². The Bertz CT molecular complexity index is 649. The van der Waals surface area contributed by atoms with Crippen molar-refractivity contribution in [1.29, 1.82) is 0 Å². The van der Waals surface area contributed by atoms with Gasteiger partial charge in [0.1, 0.15) is 5.60 Å². The van der Waals surface area contributed by atoms with E-state index in [1.54, 1.807) is 6.08 Å².